The molecular formula is C64H41N3O. The van der Waals surface area contributed by atoms with Gasteiger partial charge in [0, 0.05) is 27.5 Å². The van der Waals surface area contributed by atoms with E-state index in [2.05, 4.69) is 218 Å². The highest BCUT2D eigenvalue weighted by molar-refractivity contribution is 6.13. The molecule has 68 heavy (non-hydrogen) atoms. The number of hydrogen-bond acceptors (Lipinski definition) is 4. The molecule has 2 aromatic heterocycles. The van der Waals surface area contributed by atoms with Crippen LogP contribution < -0.4 is 0 Å². The van der Waals surface area contributed by atoms with Crippen LogP contribution in [0, 0.1) is 0 Å². The van der Waals surface area contributed by atoms with E-state index in [1.807, 2.05) is 30.3 Å². The summed E-state index contributed by atoms with van der Waals surface area (Å²) in [6.07, 6.45) is 0. The van der Waals surface area contributed by atoms with E-state index >= 15 is 0 Å². The van der Waals surface area contributed by atoms with Crippen LogP contribution in [0.4, 0.5) is 0 Å². The van der Waals surface area contributed by atoms with Crippen molar-refractivity contribution in [3.05, 3.63) is 271 Å². The molecule has 0 fully saturated rings. The van der Waals surface area contributed by atoms with Crippen molar-refractivity contribution in [2.75, 3.05) is 0 Å². The van der Waals surface area contributed by atoms with Crippen LogP contribution in [-0.2, 0) is 5.41 Å². The van der Waals surface area contributed by atoms with Crippen molar-refractivity contribution < 1.29 is 4.42 Å². The summed E-state index contributed by atoms with van der Waals surface area (Å²) >= 11 is 0. The predicted octanol–water partition coefficient (Wildman–Crippen LogP) is 16.1. The zero-order chi connectivity index (χ0) is 45.0. The maximum Gasteiger partial charge on any atom is 0.164 e. The van der Waals surface area contributed by atoms with E-state index in [1.165, 1.54) is 38.9 Å². The highest BCUT2D eigenvalue weighted by atomic mass is 16.3. The second-order valence-corrected chi connectivity index (χ2v) is 17.4. The second kappa shape index (κ2) is 16.2. The fraction of sp³-hybridized carbons (Fsp3) is 0.0156. The molecule has 0 N–H and O–H groups in total. The Kier molecular flexibility index (Phi) is 9.36. The van der Waals surface area contributed by atoms with Crippen LogP contribution in [0.25, 0.3) is 101 Å². The number of aromatic nitrogens is 3. The molecule has 0 radical (unpaired) electrons. The lowest BCUT2D eigenvalue weighted by Crippen LogP contribution is -2.28. The van der Waals surface area contributed by atoms with Gasteiger partial charge in [-0.25, -0.2) is 15.0 Å². The first kappa shape index (κ1) is 39.4. The van der Waals surface area contributed by atoms with Gasteiger partial charge in [0.15, 0.2) is 17.5 Å². The molecule has 10 aromatic carbocycles. The molecule has 12 aromatic rings. The standard InChI is InChI=1S/C64H41N3O/c1-5-19-42(20-6-1)43-35-37-45(38-36-43)61-65-62(51-28-14-13-27-49(51)44-21-7-2-8-22-44)67-63(66-61)53-31-18-34-58-60(53)54-41-46(39-40-57(54)68-58)50-30-17-33-56-59(50)52-29-15-16-32-55(52)64(56,47-23-9-3-10-24-47)48-25-11-4-12-26-48/h1-41H. The van der Waals surface area contributed by atoms with Crippen molar-refractivity contribution in [2.45, 2.75) is 5.41 Å². The topological polar surface area (TPSA) is 51.8 Å². The lowest BCUT2D eigenvalue weighted by Gasteiger charge is -2.34. The van der Waals surface area contributed by atoms with Crippen LogP contribution >= 0.6 is 0 Å². The Hall–Kier alpha value is -8.99. The number of furan rings is 1. The average molecular weight is 868 g/mol. The maximum atomic E-state index is 6.69. The molecule has 0 atom stereocenters. The van der Waals surface area contributed by atoms with E-state index in [-0.39, 0.29) is 0 Å². The Balaban J connectivity index is 1.01. The number of fused-ring (bicyclic) bond motifs is 6. The van der Waals surface area contributed by atoms with E-state index in [9.17, 15) is 0 Å². The first-order valence-corrected chi connectivity index (χ1v) is 23.1. The molecule has 4 nitrogen and oxygen atoms in total. The van der Waals surface area contributed by atoms with E-state index in [0.717, 1.165) is 66.4 Å². The minimum atomic E-state index is -0.501. The molecule has 1 aliphatic rings. The predicted molar refractivity (Wildman–Crippen MR) is 277 cm³/mol. The molecule has 0 saturated carbocycles. The quantitative estimate of drug-likeness (QED) is 0.153. The van der Waals surface area contributed by atoms with Crippen LogP contribution in [0.2, 0.25) is 0 Å². The fourth-order valence-corrected chi connectivity index (χ4v) is 10.7. The fourth-order valence-electron chi connectivity index (χ4n) is 10.7. The number of nitrogens with zero attached hydrogens (tertiary/aromatic N) is 3. The van der Waals surface area contributed by atoms with Gasteiger partial charge in [-0.2, -0.15) is 0 Å². The van der Waals surface area contributed by atoms with Crippen LogP contribution in [0.5, 0.6) is 0 Å². The largest absolute Gasteiger partial charge is 0.456 e. The van der Waals surface area contributed by atoms with Gasteiger partial charge in [0.2, 0.25) is 0 Å². The lowest BCUT2D eigenvalue weighted by molar-refractivity contribution is 0.669. The van der Waals surface area contributed by atoms with Crippen molar-refractivity contribution in [1.82, 2.24) is 15.0 Å². The zero-order valence-electron chi connectivity index (χ0n) is 36.9. The van der Waals surface area contributed by atoms with E-state index < -0.39 is 5.41 Å². The Morgan fingerprint density at radius 2 is 0.779 bits per heavy atom. The monoisotopic (exact) mass is 867 g/mol. The van der Waals surface area contributed by atoms with E-state index in [1.54, 1.807) is 0 Å². The van der Waals surface area contributed by atoms with Crippen LogP contribution in [0.1, 0.15) is 22.3 Å². The van der Waals surface area contributed by atoms with Crippen LogP contribution in [-0.4, -0.2) is 15.0 Å². The third-order valence-electron chi connectivity index (χ3n) is 13.7. The first-order chi connectivity index (χ1) is 33.7. The van der Waals surface area contributed by atoms with Crippen molar-refractivity contribution in [2.24, 2.45) is 0 Å². The average Bonchev–Trinajstić information content (AvgIpc) is 3.96. The zero-order valence-corrected chi connectivity index (χ0v) is 36.9. The second-order valence-electron chi connectivity index (χ2n) is 17.4. The summed E-state index contributed by atoms with van der Waals surface area (Å²) in [5.41, 5.74) is 18.0. The molecule has 0 unspecified atom stereocenters. The molecule has 318 valence electrons. The number of benzene rings is 10. The van der Waals surface area contributed by atoms with Gasteiger partial charge in [-0.1, -0.05) is 231 Å². The molecule has 1 aliphatic carbocycles. The first-order valence-electron chi connectivity index (χ1n) is 23.1. The highest BCUT2D eigenvalue weighted by Gasteiger charge is 2.46. The summed E-state index contributed by atoms with van der Waals surface area (Å²) in [6.45, 7) is 0. The Bertz CT molecular complexity index is 3790. The molecule has 2 heterocycles. The summed E-state index contributed by atoms with van der Waals surface area (Å²) in [7, 11) is 0. The van der Waals surface area contributed by atoms with E-state index in [4.69, 9.17) is 19.4 Å². The van der Waals surface area contributed by atoms with Gasteiger partial charge in [0.1, 0.15) is 11.2 Å². The lowest BCUT2D eigenvalue weighted by atomic mass is 9.67. The molecule has 4 heteroatoms. The Morgan fingerprint density at radius 3 is 1.49 bits per heavy atom. The molecule has 0 bridgehead atoms. The minimum Gasteiger partial charge on any atom is -0.456 e. The SMILES string of the molecule is c1ccc(-c2ccc(-c3nc(-c4ccccc4-c4ccccc4)nc(-c4cccc5oc6ccc(-c7cccc8c7-c7ccccc7C8(c7ccccc7)c7ccccc7)cc6c45)n3)cc2)cc1. The normalized spacial score (nSPS) is 12.5. The number of rotatable bonds is 8. The molecule has 13 rings (SSSR count). The van der Waals surface area contributed by atoms with E-state index in [0.29, 0.717) is 17.5 Å². The van der Waals surface area contributed by atoms with Crippen molar-refractivity contribution >= 4 is 21.9 Å². The third kappa shape index (κ3) is 6.34. The van der Waals surface area contributed by atoms with Gasteiger partial charge >= 0.3 is 0 Å². The van der Waals surface area contributed by atoms with Gasteiger partial charge in [-0.3, -0.25) is 0 Å². The summed E-state index contributed by atoms with van der Waals surface area (Å²) in [4.78, 5) is 15.9. The van der Waals surface area contributed by atoms with Gasteiger partial charge in [0.25, 0.3) is 0 Å². The Labute approximate surface area is 394 Å². The van der Waals surface area contributed by atoms with Gasteiger partial charge in [0.05, 0.1) is 5.41 Å². The molecule has 0 spiro atoms. The molecule has 0 saturated heterocycles. The maximum absolute atomic E-state index is 6.69. The Morgan fingerprint density at radius 1 is 0.294 bits per heavy atom. The van der Waals surface area contributed by atoms with Gasteiger partial charge in [-0.15, -0.1) is 0 Å². The smallest absolute Gasteiger partial charge is 0.164 e. The van der Waals surface area contributed by atoms with Gasteiger partial charge in [-0.05, 0) is 85.0 Å². The van der Waals surface area contributed by atoms with Crippen molar-refractivity contribution in [3.8, 4) is 78.7 Å². The third-order valence-corrected chi connectivity index (χ3v) is 13.7. The van der Waals surface area contributed by atoms with Crippen LogP contribution in [0.3, 0.4) is 0 Å². The summed E-state index contributed by atoms with van der Waals surface area (Å²) in [5.74, 6) is 1.77. The summed E-state index contributed by atoms with van der Waals surface area (Å²) in [5, 5.41) is 1.95. The van der Waals surface area contributed by atoms with Gasteiger partial charge < -0.3 is 4.42 Å². The van der Waals surface area contributed by atoms with Crippen molar-refractivity contribution in [1.29, 1.82) is 0 Å². The molecular weight excluding hydrogens is 827 g/mol. The molecule has 0 amide bonds. The highest BCUT2D eigenvalue weighted by Crippen LogP contribution is 2.58. The number of hydrogen-bond donors (Lipinski definition) is 0. The minimum absolute atomic E-state index is 0.501. The van der Waals surface area contributed by atoms with Crippen molar-refractivity contribution in [3.63, 3.8) is 0 Å². The van der Waals surface area contributed by atoms with Crippen LogP contribution in [0.15, 0.2) is 253 Å². The summed E-state index contributed by atoms with van der Waals surface area (Å²) in [6, 6.07) is 88.2. The summed E-state index contributed by atoms with van der Waals surface area (Å²) < 4.78 is 6.69. The molecule has 0 aliphatic heterocycles.